The van der Waals surface area contributed by atoms with Crippen LogP contribution in [0.1, 0.15) is 33.1 Å². The largest absolute Gasteiger partial charge is 0.457 e. The summed E-state index contributed by atoms with van der Waals surface area (Å²) in [5.74, 6) is -1.32. The molecule has 0 heterocycles. The highest BCUT2D eigenvalue weighted by Gasteiger charge is 2.58. The molecule has 124 valence electrons. The number of rotatable bonds is 6. The zero-order chi connectivity index (χ0) is 16.5. The third-order valence-electron chi connectivity index (χ3n) is 4.40. The molecule has 22 heavy (non-hydrogen) atoms. The molecule has 2 saturated carbocycles. The molecule has 0 aromatic carbocycles. The van der Waals surface area contributed by atoms with Gasteiger partial charge in [0, 0.05) is 5.57 Å². The van der Waals surface area contributed by atoms with Crippen molar-refractivity contribution in [2.75, 3.05) is 6.61 Å². The van der Waals surface area contributed by atoms with E-state index in [1.54, 1.807) is 0 Å². The molecule has 0 aliphatic heterocycles. The lowest BCUT2D eigenvalue weighted by Crippen LogP contribution is -2.43. The summed E-state index contributed by atoms with van der Waals surface area (Å²) in [4.78, 5) is 23.0. The summed E-state index contributed by atoms with van der Waals surface area (Å²) in [6, 6.07) is 0. The standard InChI is InChI=1S/C14H20O7S/c1-8(2)13(16)19-7-10(15)20-11-9-4-5-14(3,6-9)12(11)21-22(17)18/h9,11-12,22H,1,4-7H2,2-3H3. The molecule has 7 nitrogen and oxygen atoms in total. The first-order valence-electron chi connectivity index (χ1n) is 7.06. The van der Waals surface area contributed by atoms with Gasteiger partial charge in [-0.25, -0.2) is 18.0 Å². The third kappa shape index (κ3) is 3.49. The number of hydrogen-bond donors (Lipinski definition) is 1. The number of esters is 2. The molecule has 2 aliphatic rings. The Morgan fingerprint density at radius 3 is 2.64 bits per heavy atom. The quantitative estimate of drug-likeness (QED) is 0.435. The van der Waals surface area contributed by atoms with E-state index < -0.39 is 41.7 Å². The van der Waals surface area contributed by atoms with Crippen molar-refractivity contribution in [1.29, 1.82) is 0 Å². The van der Waals surface area contributed by atoms with E-state index in [-0.39, 0.29) is 16.9 Å². The number of thiol groups is 1. The molecule has 0 saturated heterocycles. The Morgan fingerprint density at radius 1 is 1.36 bits per heavy atom. The van der Waals surface area contributed by atoms with Crippen LogP contribution in [-0.2, 0) is 34.2 Å². The van der Waals surface area contributed by atoms with E-state index in [2.05, 4.69) is 6.58 Å². The van der Waals surface area contributed by atoms with Crippen molar-refractivity contribution in [3.8, 4) is 0 Å². The molecule has 2 rings (SSSR count). The monoisotopic (exact) mass is 332 g/mol. The number of ether oxygens (including phenoxy) is 2. The Kier molecular flexibility index (Phi) is 4.91. The molecule has 0 amide bonds. The van der Waals surface area contributed by atoms with Gasteiger partial charge in [0.05, 0.1) is 0 Å². The fourth-order valence-electron chi connectivity index (χ4n) is 3.37. The van der Waals surface area contributed by atoms with Crippen molar-refractivity contribution in [1.82, 2.24) is 0 Å². The second-order valence-corrected chi connectivity index (χ2v) is 6.88. The fraction of sp³-hybridized carbons (Fsp3) is 0.714. The van der Waals surface area contributed by atoms with Gasteiger partial charge in [0.2, 0.25) is 0 Å². The Balaban J connectivity index is 1.97. The normalized spacial score (nSPS) is 33.0. The minimum atomic E-state index is -3.02. The first-order valence-corrected chi connectivity index (χ1v) is 8.16. The molecule has 0 N–H and O–H groups in total. The molecule has 0 radical (unpaired) electrons. The molecule has 0 aromatic rings. The van der Waals surface area contributed by atoms with Gasteiger partial charge in [0.15, 0.2) is 6.61 Å². The summed E-state index contributed by atoms with van der Waals surface area (Å²) in [5.41, 5.74) is -0.121. The van der Waals surface area contributed by atoms with Crippen molar-refractivity contribution in [3.63, 3.8) is 0 Å². The van der Waals surface area contributed by atoms with Crippen LogP contribution >= 0.6 is 0 Å². The molecule has 2 bridgehead atoms. The Hall–Kier alpha value is -1.41. The Morgan fingerprint density at radius 2 is 2.05 bits per heavy atom. The topological polar surface area (TPSA) is 96.0 Å². The van der Waals surface area contributed by atoms with Crippen LogP contribution in [0.3, 0.4) is 0 Å². The van der Waals surface area contributed by atoms with E-state index in [1.165, 1.54) is 6.92 Å². The predicted molar refractivity (Wildman–Crippen MR) is 76.3 cm³/mol. The number of carbonyl (C=O) groups is 2. The number of carbonyl (C=O) groups excluding carboxylic acids is 2. The lowest BCUT2D eigenvalue weighted by Gasteiger charge is -2.34. The Labute approximate surface area is 130 Å². The molecule has 2 aliphatic carbocycles. The van der Waals surface area contributed by atoms with Crippen LogP contribution in [0.15, 0.2) is 12.2 Å². The van der Waals surface area contributed by atoms with Crippen LogP contribution in [0, 0.1) is 11.3 Å². The van der Waals surface area contributed by atoms with Gasteiger partial charge in [-0.05, 0) is 37.5 Å². The maximum Gasteiger partial charge on any atom is 0.344 e. The zero-order valence-electron chi connectivity index (χ0n) is 12.6. The fourth-order valence-corrected chi connectivity index (χ4v) is 3.93. The van der Waals surface area contributed by atoms with E-state index >= 15 is 0 Å². The molecule has 0 aromatic heterocycles. The van der Waals surface area contributed by atoms with Gasteiger partial charge < -0.3 is 9.47 Å². The summed E-state index contributed by atoms with van der Waals surface area (Å²) in [5, 5.41) is 0. The predicted octanol–water partition coefficient (Wildman–Crippen LogP) is 0.749. The lowest BCUT2D eigenvalue weighted by atomic mass is 9.83. The van der Waals surface area contributed by atoms with Gasteiger partial charge in [-0.3, -0.25) is 4.18 Å². The third-order valence-corrected chi connectivity index (χ3v) is 4.80. The molecule has 2 fully saturated rings. The summed E-state index contributed by atoms with van der Waals surface area (Å²) in [7, 11) is -3.02. The van der Waals surface area contributed by atoms with Crippen molar-refractivity contribution in [2.24, 2.45) is 11.3 Å². The van der Waals surface area contributed by atoms with Crippen molar-refractivity contribution in [2.45, 2.75) is 45.3 Å². The van der Waals surface area contributed by atoms with Crippen molar-refractivity contribution >= 4 is 22.9 Å². The van der Waals surface area contributed by atoms with Gasteiger partial charge in [-0.2, -0.15) is 0 Å². The minimum absolute atomic E-state index is 0.0748. The second kappa shape index (κ2) is 6.37. The average molecular weight is 332 g/mol. The molecular weight excluding hydrogens is 312 g/mol. The zero-order valence-corrected chi connectivity index (χ0v) is 13.5. The maximum absolute atomic E-state index is 11.8. The van der Waals surface area contributed by atoms with E-state index in [9.17, 15) is 18.0 Å². The van der Waals surface area contributed by atoms with Crippen LogP contribution < -0.4 is 0 Å². The van der Waals surface area contributed by atoms with Crippen LogP contribution in [0.4, 0.5) is 0 Å². The summed E-state index contributed by atoms with van der Waals surface area (Å²) < 4.78 is 36.8. The average Bonchev–Trinajstić information content (AvgIpc) is 2.92. The summed E-state index contributed by atoms with van der Waals surface area (Å²) in [6.07, 6.45) is 1.15. The van der Waals surface area contributed by atoms with Crippen LogP contribution in [0.5, 0.6) is 0 Å². The lowest BCUT2D eigenvalue weighted by molar-refractivity contribution is -0.167. The molecule has 8 heteroatoms. The molecule has 4 unspecified atom stereocenters. The van der Waals surface area contributed by atoms with Gasteiger partial charge in [-0.15, -0.1) is 0 Å². The second-order valence-electron chi connectivity index (χ2n) is 6.22. The maximum atomic E-state index is 11.8. The molecule has 0 spiro atoms. The van der Waals surface area contributed by atoms with Crippen molar-refractivity contribution < 1.29 is 31.7 Å². The minimum Gasteiger partial charge on any atom is -0.457 e. The highest BCUT2D eigenvalue weighted by molar-refractivity contribution is 7.67. The first kappa shape index (κ1) is 17.0. The molecular formula is C14H20O7S. The SMILES string of the molecule is C=C(C)C(=O)OCC(=O)OC1C2CCC(C)(C2)C1O[SH](=O)=O. The number of hydrogen-bond acceptors (Lipinski definition) is 7. The summed E-state index contributed by atoms with van der Waals surface area (Å²) in [6.45, 7) is 6.29. The Bertz CT molecular complexity index is 560. The van der Waals surface area contributed by atoms with Crippen LogP contribution in [0.2, 0.25) is 0 Å². The summed E-state index contributed by atoms with van der Waals surface area (Å²) >= 11 is 0. The first-order chi connectivity index (χ1) is 10.2. The molecule has 4 atom stereocenters. The van der Waals surface area contributed by atoms with E-state index in [1.807, 2.05) is 6.92 Å². The number of fused-ring (bicyclic) bond motifs is 2. The van der Waals surface area contributed by atoms with Gasteiger partial charge in [0.25, 0.3) is 11.0 Å². The highest BCUT2D eigenvalue weighted by atomic mass is 32.2. The van der Waals surface area contributed by atoms with E-state index in [4.69, 9.17) is 13.7 Å². The van der Waals surface area contributed by atoms with Crippen molar-refractivity contribution in [3.05, 3.63) is 12.2 Å². The van der Waals surface area contributed by atoms with E-state index in [0.29, 0.717) is 0 Å². The highest BCUT2D eigenvalue weighted by Crippen LogP contribution is 2.56. The van der Waals surface area contributed by atoms with Gasteiger partial charge in [-0.1, -0.05) is 13.5 Å². The van der Waals surface area contributed by atoms with Gasteiger partial charge >= 0.3 is 11.9 Å². The van der Waals surface area contributed by atoms with Crippen LogP contribution in [0.25, 0.3) is 0 Å². The smallest absolute Gasteiger partial charge is 0.344 e. The van der Waals surface area contributed by atoms with Gasteiger partial charge in [0.1, 0.15) is 12.2 Å². The van der Waals surface area contributed by atoms with E-state index in [0.717, 1.165) is 19.3 Å². The van der Waals surface area contributed by atoms with Crippen LogP contribution in [-0.4, -0.2) is 39.2 Å².